The molecule has 3 heteroatoms. The molecular formula is C16H24N2S. The van der Waals surface area contributed by atoms with E-state index in [0.717, 1.165) is 23.3 Å². The zero-order valence-corrected chi connectivity index (χ0v) is 12.9. The van der Waals surface area contributed by atoms with Crippen LogP contribution in [0.15, 0.2) is 35.3 Å². The lowest BCUT2D eigenvalue weighted by atomic mass is 10.1. The van der Waals surface area contributed by atoms with Crippen LogP contribution >= 0.6 is 11.8 Å². The molecule has 0 aliphatic carbocycles. The van der Waals surface area contributed by atoms with Gasteiger partial charge in [0.2, 0.25) is 0 Å². The number of benzene rings is 1. The number of nitrogens with zero attached hydrogens (tertiary/aromatic N) is 1. The maximum Gasteiger partial charge on any atom is 0.157 e. The van der Waals surface area contributed by atoms with Crippen molar-refractivity contribution in [2.24, 2.45) is 10.9 Å². The van der Waals surface area contributed by atoms with Gasteiger partial charge in [-0.15, -0.1) is 0 Å². The fraction of sp³-hybridized carbons (Fsp3) is 0.562. The van der Waals surface area contributed by atoms with E-state index in [9.17, 15) is 0 Å². The third-order valence-corrected chi connectivity index (χ3v) is 4.26. The van der Waals surface area contributed by atoms with Crippen LogP contribution in [0.3, 0.4) is 0 Å². The molecule has 1 N–H and O–H groups in total. The van der Waals surface area contributed by atoms with Crippen LogP contribution in [0.2, 0.25) is 0 Å². The first kappa shape index (κ1) is 14.4. The summed E-state index contributed by atoms with van der Waals surface area (Å²) in [6, 6.07) is 11.6. The molecule has 1 aromatic carbocycles. The van der Waals surface area contributed by atoms with Crippen molar-refractivity contribution in [2.75, 3.05) is 5.75 Å². The van der Waals surface area contributed by atoms with E-state index in [0.29, 0.717) is 12.1 Å². The molecule has 0 fully saturated rings. The van der Waals surface area contributed by atoms with Crippen LogP contribution in [0.25, 0.3) is 0 Å². The zero-order valence-electron chi connectivity index (χ0n) is 12.1. The summed E-state index contributed by atoms with van der Waals surface area (Å²) in [5.41, 5.74) is 1.38. The number of aliphatic imine (C=N–C) groups is 1. The first-order valence-corrected chi connectivity index (χ1v) is 8.13. The van der Waals surface area contributed by atoms with Crippen LogP contribution < -0.4 is 5.32 Å². The van der Waals surface area contributed by atoms with E-state index in [1.165, 1.54) is 12.0 Å². The third kappa shape index (κ3) is 4.90. The van der Waals surface area contributed by atoms with E-state index in [1.54, 1.807) is 0 Å². The standard InChI is InChI=1S/C16H24N2S/c1-12(2)9-15-11-19-16(18-15)17-13(3)10-14-7-5-4-6-8-14/h4-8,12-13,15H,9-11H2,1-3H3,(H,17,18). The fourth-order valence-electron chi connectivity index (χ4n) is 2.39. The molecule has 0 saturated carbocycles. The van der Waals surface area contributed by atoms with Crippen LogP contribution in [-0.4, -0.2) is 23.0 Å². The Kier molecular flexibility index (Phi) is 5.32. The molecule has 1 aromatic rings. The summed E-state index contributed by atoms with van der Waals surface area (Å²) in [5, 5.41) is 4.68. The molecule has 0 saturated heterocycles. The van der Waals surface area contributed by atoms with Crippen molar-refractivity contribution in [3.63, 3.8) is 0 Å². The van der Waals surface area contributed by atoms with Crippen molar-refractivity contribution >= 4 is 16.9 Å². The summed E-state index contributed by atoms with van der Waals surface area (Å²) in [4.78, 5) is 4.78. The van der Waals surface area contributed by atoms with Crippen LogP contribution in [0.1, 0.15) is 32.8 Å². The molecule has 1 aliphatic heterocycles. The van der Waals surface area contributed by atoms with Gasteiger partial charge in [0, 0.05) is 11.8 Å². The number of thioether (sulfide) groups is 1. The minimum Gasteiger partial charge on any atom is -0.362 e. The quantitative estimate of drug-likeness (QED) is 0.886. The lowest BCUT2D eigenvalue weighted by Crippen LogP contribution is -2.31. The SMILES string of the molecule is CC(C)CC1CSC(NC(C)Cc2ccccc2)=N1. The Bertz CT molecular complexity index is 414. The number of hydrogen-bond donors (Lipinski definition) is 1. The maximum atomic E-state index is 4.78. The van der Waals surface area contributed by atoms with Gasteiger partial charge in [-0.3, -0.25) is 4.99 Å². The molecule has 2 unspecified atom stereocenters. The van der Waals surface area contributed by atoms with Gasteiger partial charge in [0.15, 0.2) is 5.17 Å². The molecule has 2 atom stereocenters. The van der Waals surface area contributed by atoms with Crippen molar-refractivity contribution in [2.45, 2.75) is 45.7 Å². The Morgan fingerprint density at radius 3 is 2.68 bits per heavy atom. The minimum atomic E-state index is 0.437. The van der Waals surface area contributed by atoms with Crippen molar-refractivity contribution < 1.29 is 0 Å². The predicted molar refractivity (Wildman–Crippen MR) is 85.9 cm³/mol. The Morgan fingerprint density at radius 1 is 1.26 bits per heavy atom. The molecule has 1 aliphatic rings. The summed E-state index contributed by atoms with van der Waals surface area (Å²) in [6.07, 6.45) is 2.25. The van der Waals surface area contributed by atoms with Crippen molar-refractivity contribution in [1.82, 2.24) is 5.32 Å². The highest BCUT2D eigenvalue weighted by molar-refractivity contribution is 8.14. The van der Waals surface area contributed by atoms with Gasteiger partial charge in [-0.1, -0.05) is 55.9 Å². The topological polar surface area (TPSA) is 24.4 Å². The van der Waals surface area contributed by atoms with E-state index in [2.05, 4.69) is 56.4 Å². The second-order valence-electron chi connectivity index (χ2n) is 5.76. The van der Waals surface area contributed by atoms with Gasteiger partial charge < -0.3 is 5.32 Å². The number of rotatable bonds is 5. The average molecular weight is 276 g/mol. The number of nitrogens with one attached hydrogen (secondary N) is 1. The Balaban J connectivity index is 1.81. The predicted octanol–water partition coefficient (Wildman–Crippen LogP) is 3.72. The molecule has 1 heterocycles. The fourth-order valence-corrected chi connectivity index (χ4v) is 3.46. The van der Waals surface area contributed by atoms with Crippen LogP contribution in [-0.2, 0) is 6.42 Å². The second-order valence-corrected chi connectivity index (χ2v) is 6.77. The largest absolute Gasteiger partial charge is 0.362 e. The van der Waals surface area contributed by atoms with Gasteiger partial charge in [0.05, 0.1) is 6.04 Å². The van der Waals surface area contributed by atoms with Crippen molar-refractivity contribution in [1.29, 1.82) is 0 Å². The molecule has 2 rings (SSSR count). The van der Waals surface area contributed by atoms with Crippen LogP contribution in [0.4, 0.5) is 0 Å². The van der Waals surface area contributed by atoms with E-state index < -0.39 is 0 Å². The van der Waals surface area contributed by atoms with Crippen LogP contribution in [0, 0.1) is 5.92 Å². The molecule has 0 amide bonds. The maximum absolute atomic E-state index is 4.78. The molecule has 2 nitrogen and oxygen atoms in total. The minimum absolute atomic E-state index is 0.437. The molecule has 104 valence electrons. The monoisotopic (exact) mass is 276 g/mol. The summed E-state index contributed by atoms with van der Waals surface area (Å²) in [6.45, 7) is 6.76. The highest BCUT2D eigenvalue weighted by atomic mass is 32.2. The van der Waals surface area contributed by atoms with Gasteiger partial charge in [-0.05, 0) is 31.2 Å². The highest BCUT2D eigenvalue weighted by Crippen LogP contribution is 2.22. The molecule has 0 radical (unpaired) electrons. The van der Waals surface area contributed by atoms with Gasteiger partial charge in [0.25, 0.3) is 0 Å². The smallest absolute Gasteiger partial charge is 0.157 e. The van der Waals surface area contributed by atoms with Gasteiger partial charge in [0.1, 0.15) is 0 Å². The normalized spacial score (nSPS) is 20.4. The van der Waals surface area contributed by atoms with Crippen LogP contribution in [0.5, 0.6) is 0 Å². The Hall–Kier alpha value is -0.960. The van der Waals surface area contributed by atoms with Gasteiger partial charge in [-0.25, -0.2) is 0 Å². The van der Waals surface area contributed by atoms with Crippen molar-refractivity contribution in [3.8, 4) is 0 Å². The summed E-state index contributed by atoms with van der Waals surface area (Å²) in [5.74, 6) is 1.87. The van der Waals surface area contributed by atoms with Crippen molar-refractivity contribution in [3.05, 3.63) is 35.9 Å². The molecule has 0 spiro atoms. The van der Waals surface area contributed by atoms with E-state index >= 15 is 0 Å². The van der Waals surface area contributed by atoms with E-state index in [-0.39, 0.29) is 0 Å². The summed E-state index contributed by atoms with van der Waals surface area (Å²) < 4.78 is 0. The Morgan fingerprint density at radius 2 is 2.00 bits per heavy atom. The molecule has 19 heavy (non-hydrogen) atoms. The molecular weight excluding hydrogens is 252 g/mol. The second kappa shape index (κ2) is 6.99. The molecule has 0 bridgehead atoms. The van der Waals surface area contributed by atoms with E-state index in [1.807, 2.05) is 11.8 Å². The summed E-state index contributed by atoms with van der Waals surface area (Å²) >= 11 is 1.87. The summed E-state index contributed by atoms with van der Waals surface area (Å²) in [7, 11) is 0. The zero-order chi connectivity index (χ0) is 13.7. The van der Waals surface area contributed by atoms with Gasteiger partial charge >= 0.3 is 0 Å². The lowest BCUT2D eigenvalue weighted by molar-refractivity contribution is 0.528. The first-order valence-electron chi connectivity index (χ1n) is 7.14. The van der Waals surface area contributed by atoms with E-state index in [4.69, 9.17) is 4.99 Å². The Labute approximate surface area is 121 Å². The number of hydrogen-bond acceptors (Lipinski definition) is 3. The molecule has 0 aromatic heterocycles. The third-order valence-electron chi connectivity index (χ3n) is 3.21. The van der Waals surface area contributed by atoms with Gasteiger partial charge in [-0.2, -0.15) is 0 Å². The highest BCUT2D eigenvalue weighted by Gasteiger charge is 2.20. The average Bonchev–Trinajstić information content (AvgIpc) is 2.76. The lowest BCUT2D eigenvalue weighted by Gasteiger charge is -2.14. The number of amidine groups is 1. The first-order chi connectivity index (χ1) is 9.13.